The molecular formula is C7H9F3O2. The quantitative estimate of drug-likeness (QED) is 0.493. The number of carbonyl (C=O) groups is 1. The van der Waals surface area contributed by atoms with Crippen molar-refractivity contribution in [1.82, 2.24) is 0 Å². The molecule has 0 aliphatic heterocycles. The van der Waals surface area contributed by atoms with Gasteiger partial charge < -0.3 is 4.74 Å². The van der Waals surface area contributed by atoms with Crippen LogP contribution in [0.3, 0.4) is 0 Å². The lowest BCUT2D eigenvalue weighted by Crippen LogP contribution is -2.15. The van der Waals surface area contributed by atoms with Gasteiger partial charge in [-0.25, -0.2) is 4.79 Å². The third-order valence-electron chi connectivity index (χ3n) is 0.978. The molecular weight excluding hydrogens is 173 g/mol. The highest BCUT2D eigenvalue weighted by Crippen LogP contribution is 2.23. The summed E-state index contributed by atoms with van der Waals surface area (Å²) in [5.74, 6) is -0.991. The third kappa shape index (κ3) is 4.76. The maximum absolute atomic E-state index is 11.6. The van der Waals surface area contributed by atoms with Crippen molar-refractivity contribution in [2.75, 3.05) is 6.61 Å². The maximum Gasteiger partial charge on any atom is 0.393 e. The van der Waals surface area contributed by atoms with Gasteiger partial charge in [-0.2, -0.15) is 13.2 Å². The number of rotatable bonds is 3. The van der Waals surface area contributed by atoms with Crippen LogP contribution in [0.2, 0.25) is 0 Å². The molecule has 12 heavy (non-hydrogen) atoms. The zero-order valence-electron chi connectivity index (χ0n) is 6.57. The van der Waals surface area contributed by atoms with Gasteiger partial charge in [0.05, 0.1) is 13.0 Å². The van der Waals surface area contributed by atoms with Crippen molar-refractivity contribution in [3.8, 4) is 0 Å². The highest BCUT2D eigenvalue weighted by Gasteiger charge is 2.30. The molecule has 0 atom stereocenters. The van der Waals surface area contributed by atoms with E-state index >= 15 is 0 Å². The molecule has 5 heteroatoms. The van der Waals surface area contributed by atoms with Gasteiger partial charge >= 0.3 is 12.1 Å². The molecule has 0 N–H and O–H groups in total. The van der Waals surface area contributed by atoms with E-state index in [1.165, 1.54) is 6.92 Å². The largest absolute Gasteiger partial charge is 0.463 e. The molecule has 0 unspecified atom stereocenters. The highest BCUT2D eigenvalue weighted by molar-refractivity contribution is 5.87. The summed E-state index contributed by atoms with van der Waals surface area (Å²) >= 11 is 0. The van der Waals surface area contributed by atoms with Crippen LogP contribution in [0.15, 0.2) is 12.2 Å². The summed E-state index contributed by atoms with van der Waals surface area (Å²) in [4.78, 5) is 10.6. The van der Waals surface area contributed by atoms with Gasteiger partial charge in [0.1, 0.15) is 0 Å². The Kier molecular flexibility index (Phi) is 3.79. The zero-order chi connectivity index (χ0) is 9.78. The Balaban J connectivity index is 3.97. The van der Waals surface area contributed by atoms with E-state index < -0.39 is 24.1 Å². The van der Waals surface area contributed by atoms with Gasteiger partial charge in [-0.15, -0.1) is 0 Å². The molecule has 0 spiro atoms. The molecule has 0 rings (SSSR count). The van der Waals surface area contributed by atoms with Crippen molar-refractivity contribution in [2.45, 2.75) is 19.5 Å². The minimum atomic E-state index is -4.40. The second-order valence-corrected chi connectivity index (χ2v) is 2.12. The molecule has 0 aromatic rings. The van der Waals surface area contributed by atoms with E-state index in [9.17, 15) is 18.0 Å². The normalized spacial score (nSPS) is 11.0. The molecule has 0 aromatic heterocycles. The smallest absolute Gasteiger partial charge is 0.393 e. The van der Waals surface area contributed by atoms with Crippen LogP contribution < -0.4 is 0 Å². The topological polar surface area (TPSA) is 26.3 Å². The fourth-order valence-corrected chi connectivity index (χ4v) is 0.547. The average Bonchev–Trinajstić information content (AvgIpc) is 1.84. The van der Waals surface area contributed by atoms with E-state index in [4.69, 9.17) is 0 Å². The number of hydrogen-bond donors (Lipinski definition) is 0. The van der Waals surface area contributed by atoms with Crippen LogP contribution in [0.1, 0.15) is 13.3 Å². The first kappa shape index (κ1) is 11.0. The minimum absolute atomic E-state index is 0.0513. The van der Waals surface area contributed by atoms with Crippen LogP contribution in [0.4, 0.5) is 13.2 Å². The molecule has 0 amide bonds. The molecule has 0 heterocycles. The SMILES string of the molecule is C=C(CC(F)(F)F)C(=O)OCC. The Morgan fingerprint density at radius 1 is 1.50 bits per heavy atom. The lowest BCUT2D eigenvalue weighted by molar-refractivity contribution is -0.147. The van der Waals surface area contributed by atoms with Crippen LogP contribution in [-0.2, 0) is 9.53 Å². The summed E-state index contributed by atoms with van der Waals surface area (Å²) in [5.41, 5.74) is -0.565. The van der Waals surface area contributed by atoms with Gasteiger partial charge in [0.15, 0.2) is 0 Å². The van der Waals surface area contributed by atoms with E-state index in [1.807, 2.05) is 0 Å². The second-order valence-electron chi connectivity index (χ2n) is 2.12. The Labute approximate surface area is 68.0 Å². The fourth-order valence-electron chi connectivity index (χ4n) is 0.547. The summed E-state index contributed by atoms with van der Waals surface area (Å²) in [7, 11) is 0. The Morgan fingerprint density at radius 2 is 2.00 bits per heavy atom. The van der Waals surface area contributed by atoms with Gasteiger partial charge in [0, 0.05) is 5.57 Å². The molecule has 0 fully saturated rings. The molecule has 0 bridgehead atoms. The predicted octanol–water partition coefficient (Wildman–Crippen LogP) is 2.06. The first-order chi connectivity index (χ1) is 5.37. The van der Waals surface area contributed by atoms with E-state index in [-0.39, 0.29) is 6.61 Å². The Hall–Kier alpha value is -1.00. The van der Waals surface area contributed by atoms with Crippen molar-refractivity contribution in [2.24, 2.45) is 0 Å². The van der Waals surface area contributed by atoms with Crippen molar-refractivity contribution in [1.29, 1.82) is 0 Å². The molecule has 0 aliphatic carbocycles. The summed E-state index contributed by atoms with van der Waals surface area (Å²) in [6.07, 6.45) is -5.71. The Bertz CT molecular complexity index is 184. The van der Waals surface area contributed by atoms with Crippen molar-refractivity contribution < 1.29 is 22.7 Å². The summed E-state index contributed by atoms with van der Waals surface area (Å²) in [6, 6.07) is 0. The number of alkyl halides is 3. The highest BCUT2D eigenvalue weighted by atomic mass is 19.4. The van der Waals surface area contributed by atoms with Gasteiger partial charge in [-0.05, 0) is 6.92 Å². The van der Waals surface area contributed by atoms with Gasteiger partial charge in [0.25, 0.3) is 0 Å². The zero-order valence-corrected chi connectivity index (χ0v) is 6.57. The van der Waals surface area contributed by atoms with E-state index in [0.717, 1.165) is 0 Å². The lowest BCUT2D eigenvalue weighted by atomic mass is 10.2. The van der Waals surface area contributed by atoms with E-state index in [1.54, 1.807) is 0 Å². The predicted molar refractivity (Wildman–Crippen MR) is 36.4 cm³/mol. The van der Waals surface area contributed by atoms with Crippen LogP contribution in [0, 0.1) is 0 Å². The number of ether oxygens (including phenoxy) is 1. The monoisotopic (exact) mass is 182 g/mol. The average molecular weight is 182 g/mol. The molecule has 0 saturated heterocycles. The van der Waals surface area contributed by atoms with E-state index in [2.05, 4.69) is 11.3 Å². The minimum Gasteiger partial charge on any atom is -0.463 e. The van der Waals surface area contributed by atoms with Crippen LogP contribution in [0.5, 0.6) is 0 Å². The summed E-state index contributed by atoms with van der Waals surface area (Å²) < 4.78 is 39.2. The van der Waals surface area contributed by atoms with Crippen molar-refractivity contribution in [3.05, 3.63) is 12.2 Å². The molecule has 0 saturated carbocycles. The lowest BCUT2D eigenvalue weighted by Gasteiger charge is -2.07. The second kappa shape index (κ2) is 4.13. The van der Waals surface area contributed by atoms with Crippen LogP contribution in [-0.4, -0.2) is 18.8 Å². The van der Waals surface area contributed by atoms with Gasteiger partial charge in [0.2, 0.25) is 0 Å². The first-order valence-electron chi connectivity index (χ1n) is 3.28. The van der Waals surface area contributed by atoms with Crippen molar-refractivity contribution >= 4 is 5.97 Å². The number of hydrogen-bond acceptors (Lipinski definition) is 2. The van der Waals surface area contributed by atoms with Crippen LogP contribution in [0.25, 0.3) is 0 Å². The van der Waals surface area contributed by atoms with Gasteiger partial charge in [-0.1, -0.05) is 6.58 Å². The molecule has 70 valence electrons. The summed E-state index contributed by atoms with van der Waals surface area (Å²) in [6.45, 7) is 4.53. The van der Waals surface area contributed by atoms with Gasteiger partial charge in [-0.3, -0.25) is 0 Å². The number of carbonyl (C=O) groups excluding carboxylic acids is 1. The molecule has 0 radical (unpaired) electrons. The molecule has 2 nitrogen and oxygen atoms in total. The van der Waals surface area contributed by atoms with Crippen LogP contribution >= 0.6 is 0 Å². The molecule has 0 aliphatic rings. The van der Waals surface area contributed by atoms with E-state index in [0.29, 0.717) is 0 Å². The first-order valence-corrected chi connectivity index (χ1v) is 3.28. The third-order valence-corrected chi connectivity index (χ3v) is 0.978. The molecule has 0 aromatic carbocycles. The fraction of sp³-hybridized carbons (Fsp3) is 0.571. The maximum atomic E-state index is 11.6. The number of halogens is 3. The number of esters is 1. The Morgan fingerprint density at radius 3 is 2.33 bits per heavy atom. The van der Waals surface area contributed by atoms with Crippen molar-refractivity contribution in [3.63, 3.8) is 0 Å². The summed E-state index contributed by atoms with van der Waals surface area (Å²) in [5, 5.41) is 0. The standard InChI is InChI=1S/C7H9F3O2/c1-3-12-6(11)5(2)4-7(8,9)10/h2-4H2,1H3.